The Hall–Kier alpha value is -2.45. The van der Waals surface area contributed by atoms with Crippen molar-refractivity contribution in [3.05, 3.63) is 70.2 Å². The molecule has 0 aliphatic carbocycles. The van der Waals surface area contributed by atoms with Crippen LogP contribution in [-0.2, 0) is 0 Å². The number of aromatic hydroxyl groups is 1. The van der Waals surface area contributed by atoms with Gasteiger partial charge in [0.05, 0.1) is 27.4 Å². The Morgan fingerprint density at radius 2 is 1.94 bits per heavy atom. The van der Waals surface area contributed by atoms with E-state index in [4.69, 9.17) is 27.9 Å². The van der Waals surface area contributed by atoms with Crippen LogP contribution in [0, 0.1) is 0 Å². The SMILES string of the molecule is CCOc1ccc2sc(Sc3ccc(NC(=O)c4cc(Cl)cc(Cl)c4O)cc3)nc2c1. The van der Waals surface area contributed by atoms with E-state index < -0.39 is 5.91 Å². The fraction of sp³-hybridized carbons (Fsp3) is 0.0909. The van der Waals surface area contributed by atoms with Gasteiger partial charge in [0.25, 0.3) is 5.91 Å². The van der Waals surface area contributed by atoms with E-state index >= 15 is 0 Å². The first-order valence-electron chi connectivity index (χ1n) is 9.23. The fourth-order valence-corrected chi connectivity index (χ4v) is 5.34. The van der Waals surface area contributed by atoms with Crippen molar-refractivity contribution < 1.29 is 14.6 Å². The number of nitrogens with one attached hydrogen (secondary N) is 1. The maximum Gasteiger partial charge on any atom is 0.259 e. The molecule has 0 spiro atoms. The van der Waals surface area contributed by atoms with Crippen LogP contribution in [0.25, 0.3) is 10.2 Å². The largest absolute Gasteiger partial charge is 0.506 e. The number of thiazole rings is 1. The summed E-state index contributed by atoms with van der Waals surface area (Å²) in [5.74, 6) is 0.00150. The van der Waals surface area contributed by atoms with Gasteiger partial charge in [-0.15, -0.1) is 11.3 Å². The fourth-order valence-electron chi connectivity index (χ4n) is 2.83. The molecule has 158 valence electrons. The molecule has 0 aliphatic rings. The molecule has 0 aliphatic heterocycles. The Balaban J connectivity index is 1.46. The first-order chi connectivity index (χ1) is 14.9. The van der Waals surface area contributed by atoms with Crippen molar-refractivity contribution in [3.63, 3.8) is 0 Å². The van der Waals surface area contributed by atoms with E-state index in [2.05, 4.69) is 10.3 Å². The molecule has 0 radical (unpaired) electrons. The molecule has 1 aromatic heterocycles. The van der Waals surface area contributed by atoms with Gasteiger partial charge >= 0.3 is 0 Å². The third-order valence-corrected chi connectivity index (χ3v) is 6.85. The molecule has 1 heterocycles. The normalized spacial score (nSPS) is 10.9. The van der Waals surface area contributed by atoms with E-state index in [9.17, 15) is 9.90 Å². The molecule has 2 N–H and O–H groups in total. The molecule has 4 rings (SSSR count). The molecule has 0 bridgehead atoms. The smallest absolute Gasteiger partial charge is 0.259 e. The Kier molecular flexibility index (Phi) is 6.57. The average molecular weight is 491 g/mol. The summed E-state index contributed by atoms with van der Waals surface area (Å²) >= 11 is 15.0. The number of phenolic OH excluding ortho intramolecular Hbond substituents is 1. The van der Waals surface area contributed by atoms with Gasteiger partial charge in [0.15, 0.2) is 4.34 Å². The first-order valence-corrected chi connectivity index (χ1v) is 11.6. The third-order valence-electron chi connectivity index (χ3n) is 4.24. The van der Waals surface area contributed by atoms with E-state index in [-0.39, 0.29) is 21.4 Å². The van der Waals surface area contributed by atoms with E-state index in [0.717, 1.165) is 25.2 Å². The van der Waals surface area contributed by atoms with Gasteiger partial charge in [0.2, 0.25) is 0 Å². The van der Waals surface area contributed by atoms with Gasteiger partial charge in [0.1, 0.15) is 11.5 Å². The van der Waals surface area contributed by atoms with Crippen molar-refractivity contribution in [2.75, 3.05) is 11.9 Å². The highest BCUT2D eigenvalue weighted by Gasteiger charge is 2.16. The van der Waals surface area contributed by atoms with Gasteiger partial charge in [-0.2, -0.15) is 0 Å². The van der Waals surface area contributed by atoms with Gasteiger partial charge in [0, 0.05) is 21.7 Å². The van der Waals surface area contributed by atoms with Crippen molar-refractivity contribution in [2.24, 2.45) is 0 Å². The van der Waals surface area contributed by atoms with Crippen LogP contribution in [0.4, 0.5) is 5.69 Å². The molecule has 0 saturated heterocycles. The Morgan fingerprint density at radius 3 is 2.68 bits per heavy atom. The molecular formula is C22H16Cl2N2O3S2. The van der Waals surface area contributed by atoms with Crippen LogP contribution in [0.3, 0.4) is 0 Å². The zero-order chi connectivity index (χ0) is 22.0. The van der Waals surface area contributed by atoms with Crippen LogP contribution >= 0.6 is 46.3 Å². The summed E-state index contributed by atoms with van der Waals surface area (Å²) in [5.41, 5.74) is 1.50. The van der Waals surface area contributed by atoms with Crippen molar-refractivity contribution in [3.8, 4) is 11.5 Å². The standard InChI is InChI=1S/C22H16Cl2N2O3S2/c1-2-29-14-5-8-19-18(11-14)26-22(31-19)30-15-6-3-13(4-7-15)25-21(28)16-9-12(23)10-17(24)20(16)27/h3-11,27H,2H2,1H3,(H,25,28). The highest BCUT2D eigenvalue weighted by Crippen LogP contribution is 2.36. The lowest BCUT2D eigenvalue weighted by atomic mass is 10.2. The van der Waals surface area contributed by atoms with Crippen LogP contribution in [0.1, 0.15) is 17.3 Å². The quantitative estimate of drug-likeness (QED) is 0.301. The van der Waals surface area contributed by atoms with Gasteiger partial charge in [-0.1, -0.05) is 35.0 Å². The maximum atomic E-state index is 12.5. The second-order valence-corrected chi connectivity index (χ2v) is 9.60. The minimum atomic E-state index is -0.501. The third kappa shape index (κ3) is 5.07. The molecule has 0 atom stereocenters. The summed E-state index contributed by atoms with van der Waals surface area (Å²) in [7, 11) is 0. The zero-order valence-corrected chi connectivity index (χ0v) is 19.3. The second-order valence-electron chi connectivity index (χ2n) is 6.41. The van der Waals surface area contributed by atoms with Crippen molar-refractivity contribution in [2.45, 2.75) is 16.2 Å². The van der Waals surface area contributed by atoms with Gasteiger partial charge < -0.3 is 15.2 Å². The maximum absolute atomic E-state index is 12.5. The number of nitrogens with zero attached hydrogens (tertiary/aromatic N) is 1. The number of carbonyl (C=O) groups is 1. The van der Waals surface area contributed by atoms with Crippen LogP contribution < -0.4 is 10.1 Å². The number of hydrogen-bond donors (Lipinski definition) is 2. The molecule has 3 aromatic carbocycles. The molecule has 31 heavy (non-hydrogen) atoms. The summed E-state index contributed by atoms with van der Waals surface area (Å²) in [5, 5.41) is 13.0. The predicted octanol–water partition coefficient (Wildman–Crippen LogP) is 7.11. The lowest BCUT2D eigenvalue weighted by Gasteiger charge is -2.09. The summed E-state index contributed by atoms with van der Waals surface area (Å²) in [6.07, 6.45) is 0. The lowest BCUT2D eigenvalue weighted by molar-refractivity contribution is 0.102. The summed E-state index contributed by atoms with van der Waals surface area (Å²) < 4.78 is 7.54. The Bertz CT molecular complexity index is 1260. The number of phenols is 1. The molecule has 1 amide bonds. The number of aromatic nitrogens is 1. The first kappa shape index (κ1) is 21.8. The number of rotatable bonds is 6. The monoisotopic (exact) mass is 490 g/mol. The molecule has 5 nitrogen and oxygen atoms in total. The Morgan fingerprint density at radius 1 is 1.16 bits per heavy atom. The van der Waals surface area contributed by atoms with Crippen molar-refractivity contribution >= 4 is 68.1 Å². The molecular weight excluding hydrogens is 475 g/mol. The van der Waals surface area contributed by atoms with E-state index in [1.54, 1.807) is 35.2 Å². The minimum Gasteiger partial charge on any atom is -0.506 e. The second kappa shape index (κ2) is 9.36. The Labute approximate surface area is 197 Å². The number of halogens is 2. The summed E-state index contributed by atoms with van der Waals surface area (Å²) in [6, 6.07) is 16.0. The average Bonchev–Trinajstić information content (AvgIpc) is 3.14. The number of amides is 1. The van der Waals surface area contributed by atoms with E-state index in [1.807, 2.05) is 37.3 Å². The zero-order valence-electron chi connectivity index (χ0n) is 16.2. The van der Waals surface area contributed by atoms with Gasteiger partial charge in [-0.25, -0.2) is 4.98 Å². The number of fused-ring (bicyclic) bond motifs is 1. The number of hydrogen-bond acceptors (Lipinski definition) is 6. The number of carbonyl (C=O) groups excluding carboxylic acids is 1. The summed E-state index contributed by atoms with van der Waals surface area (Å²) in [6.45, 7) is 2.57. The predicted molar refractivity (Wildman–Crippen MR) is 127 cm³/mol. The van der Waals surface area contributed by atoms with E-state index in [0.29, 0.717) is 12.3 Å². The number of benzene rings is 3. The van der Waals surface area contributed by atoms with Crippen LogP contribution in [-0.4, -0.2) is 22.6 Å². The van der Waals surface area contributed by atoms with Gasteiger partial charge in [-0.3, -0.25) is 4.79 Å². The molecule has 9 heteroatoms. The van der Waals surface area contributed by atoms with Crippen LogP contribution in [0.5, 0.6) is 11.5 Å². The van der Waals surface area contributed by atoms with Crippen LogP contribution in [0.2, 0.25) is 10.0 Å². The minimum absolute atomic E-state index is 0.0110. The topological polar surface area (TPSA) is 71.5 Å². The molecule has 4 aromatic rings. The van der Waals surface area contributed by atoms with Crippen LogP contribution in [0.15, 0.2) is 63.8 Å². The molecule has 0 fully saturated rings. The lowest BCUT2D eigenvalue weighted by Crippen LogP contribution is -2.12. The number of anilines is 1. The summed E-state index contributed by atoms with van der Waals surface area (Å²) in [4.78, 5) is 18.1. The molecule has 0 unspecified atom stereocenters. The molecule has 0 saturated carbocycles. The van der Waals surface area contributed by atoms with E-state index in [1.165, 1.54) is 12.1 Å². The highest BCUT2D eigenvalue weighted by atomic mass is 35.5. The number of ether oxygens (including phenoxy) is 1. The van der Waals surface area contributed by atoms with Crippen molar-refractivity contribution in [1.29, 1.82) is 0 Å². The highest BCUT2D eigenvalue weighted by molar-refractivity contribution is 8.01. The van der Waals surface area contributed by atoms with Crippen molar-refractivity contribution in [1.82, 2.24) is 4.98 Å². The van der Waals surface area contributed by atoms with Gasteiger partial charge in [-0.05, 0) is 55.5 Å².